The van der Waals surface area contributed by atoms with E-state index in [-0.39, 0.29) is 12.6 Å². The molecule has 1 aromatic carbocycles. The highest BCUT2D eigenvalue weighted by Crippen LogP contribution is 2.43. The third-order valence-corrected chi connectivity index (χ3v) is 6.28. The summed E-state index contributed by atoms with van der Waals surface area (Å²) < 4.78 is 16.5. The normalized spacial score (nSPS) is 26.7. The van der Waals surface area contributed by atoms with Crippen molar-refractivity contribution < 1.29 is 19.0 Å². The lowest BCUT2D eigenvalue weighted by Crippen LogP contribution is -2.55. The second kappa shape index (κ2) is 8.41. The van der Waals surface area contributed by atoms with E-state index in [0.717, 1.165) is 48.1 Å². The molecule has 3 fully saturated rings. The van der Waals surface area contributed by atoms with Crippen LogP contribution in [0.5, 0.6) is 5.75 Å². The van der Waals surface area contributed by atoms with Crippen LogP contribution >= 0.6 is 0 Å². The van der Waals surface area contributed by atoms with E-state index in [1.807, 2.05) is 24.3 Å². The van der Waals surface area contributed by atoms with Gasteiger partial charge in [0.05, 0.1) is 25.3 Å². The first-order valence-electron chi connectivity index (χ1n) is 10.3. The molecule has 3 aliphatic rings. The summed E-state index contributed by atoms with van der Waals surface area (Å²) in [6.07, 6.45) is 4.91. The number of pyridine rings is 1. The van der Waals surface area contributed by atoms with Crippen molar-refractivity contribution in [3.63, 3.8) is 0 Å². The van der Waals surface area contributed by atoms with Gasteiger partial charge in [0.25, 0.3) is 0 Å². The number of ether oxygens (including phenoxy) is 3. The number of aromatic nitrogens is 1. The Morgan fingerprint density at radius 2 is 2.28 bits per heavy atom. The van der Waals surface area contributed by atoms with Gasteiger partial charge in [-0.25, -0.2) is 4.79 Å². The molecule has 3 saturated heterocycles. The van der Waals surface area contributed by atoms with E-state index in [9.17, 15) is 4.79 Å². The Bertz CT molecular complexity index is 900. The molecular formula is C23H28N2O4. The highest BCUT2D eigenvalue weighted by atomic mass is 16.7. The average molecular weight is 396 g/mol. The molecule has 2 aromatic rings. The Balaban J connectivity index is 1.75. The number of rotatable bonds is 6. The summed E-state index contributed by atoms with van der Waals surface area (Å²) in [5, 5.41) is 0.934. The highest BCUT2D eigenvalue weighted by molar-refractivity contribution is 5.84. The van der Waals surface area contributed by atoms with Gasteiger partial charge in [-0.2, -0.15) is 0 Å². The molecule has 2 bridgehead atoms. The number of carbonyl (C=O) groups is 1. The lowest BCUT2D eigenvalue weighted by Gasteiger charge is -2.51. The van der Waals surface area contributed by atoms with E-state index in [1.54, 1.807) is 20.2 Å². The summed E-state index contributed by atoms with van der Waals surface area (Å²) in [5.74, 6) is 1.81. The largest absolute Gasteiger partial charge is 0.508 e. The smallest absolute Gasteiger partial charge is 0.497 e. The maximum atomic E-state index is 12.3. The molecule has 0 spiro atoms. The molecule has 4 heterocycles. The van der Waals surface area contributed by atoms with Crippen LogP contribution in [-0.4, -0.2) is 48.9 Å². The first-order valence-corrected chi connectivity index (χ1v) is 10.3. The van der Waals surface area contributed by atoms with Crippen molar-refractivity contribution >= 4 is 17.1 Å². The third-order valence-electron chi connectivity index (χ3n) is 6.28. The van der Waals surface area contributed by atoms with Gasteiger partial charge in [-0.05, 0) is 62.4 Å². The van der Waals surface area contributed by atoms with Gasteiger partial charge in [-0.3, -0.25) is 9.88 Å². The predicted molar refractivity (Wildman–Crippen MR) is 111 cm³/mol. The number of fused-ring (bicyclic) bond motifs is 4. The maximum absolute atomic E-state index is 12.3. The molecular weight excluding hydrogens is 368 g/mol. The molecule has 154 valence electrons. The van der Waals surface area contributed by atoms with Crippen molar-refractivity contribution in [1.82, 2.24) is 9.88 Å². The molecule has 1 aromatic heterocycles. The molecule has 6 nitrogen and oxygen atoms in total. The van der Waals surface area contributed by atoms with Gasteiger partial charge in [0.1, 0.15) is 11.9 Å². The van der Waals surface area contributed by atoms with Gasteiger partial charge in [0, 0.05) is 23.7 Å². The van der Waals surface area contributed by atoms with E-state index in [1.165, 1.54) is 0 Å². The van der Waals surface area contributed by atoms with Gasteiger partial charge in [-0.1, -0.05) is 6.08 Å². The minimum absolute atomic E-state index is 0.103. The number of benzene rings is 1. The first-order chi connectivity index (χ1) is 14.1. The van der Waals surface area contributed by atoms with Gasteiger partial charge in [-0.15, -0.1) is 6.58 Å². The SMILES string of the molecule is C=CC1CN2CC[C@H]1C[C@H]2[C@@H](OC(=O)OCC)c1ccnc2ccc(OC)cc12. The zero-order valence-corrected chi connectivity index (χ0v) is 17.0. The summed E-state index contributed by atoms with van der Waals surface area (Å²) in [6, 6.07) is 7.83. The van der Waals surface area contributed by atoms with Gasteiger partial charge < -0.3 is 14.2 Å². The zero-order chi connectivity index (χ0) is 20.4. The number of hydrogen-bond acceptors (Lipinski definition) is 6. The molecule has 0 saturated carbocycles. The molecule has 0 radical (unpaired) electrons. The maximum Gasteiger partial charge on any atom is 0.508 e. The van der Waals surface area contributed by atoms with Crippen LogP contribution in [0.3, 0.4) is 0 Å². The monoisotopic (exact) mass is 396 g/mol. The first kappa shape index (κ1) is 19.7. The van der Waals surface area contributed by atoms with Crippen molar-refractivity contribution in [1.29, 1.82) is 0 Å². The summed E-state index contributed by atoms with van der Waals surface area (Å²) in [5.41, 5.74) is 1.79. The van der Waals surface area contributed by atoms with Crippen LogP contribution in [0.1, 0.15) is 31.4 Å². The Labute approximate surface area is 171 Å². The Hall–Kier alpha value is -2.60. The molecule has 0 aliphatic carbocycles. The van der Waals surface area contributed by atoms with Gasteiger partial charge >= 0.3 is 6.16 Å². The van der Waals surface area contributed by atoms with E-state index in [0.29, 0.717) is 11.8 Å². The summed E-state index contributed by atoms with van der Waals surface area (Å²) >= 11 is 0. The highest BCUT2D eigenvalue weighted by Gasteiger charge is 2.44. The van der Waals surface area contributed by atoms with E-state index < -0.39 is 12.3 Å². The van der Waals surface area contributed by atoms with Crippen molar-refractivity contribution in [2.45, 2.75) is 31.9 Å². The molecule has 6 heteroatoms. The molecule has 3 aliphatic heterocycles. The predicted octanol–water partition coefficient (Wildman–Crippen LogP) is 4.35. The van der Waals surface area contributed by atoms with Crippen LogP contribution in [0.25, 0.3) is 10.9 Å². The quantitative estimate of drug-likeness (QED) is 0.534. The van der Waals surface area contributed by atoms with Crippen molar-refractivity contribution in [2.75, 3.05) is 26.8 Å². The number of nitrogens with zero attached hydrogens (tertiary/aromatic N) is 2. The average Bonchev–Trinajstić information content (AvgIpc) is 2.77. The molecule has 2 unspecified atom stereocenters. The zero-order valence-electron chi connectivity index (χ0n) is 17.0. The fraction of sp³-hybridized carbons (Fsp3) is 0.478. The minimum atomic E-state index is -0.631. The van der Waals surface area contributed by atoms with Gasteiger partial charge in [0.2, 0.25) is 0 Å². The van der Waals surface area contributed by atoms with Crippen LogP contribution in [-0.2, 0) is 9.47 Å². The molecule has 29 heavy (non-hydrogen) atoms. The van der Waals surface area contributed by atoms with Crippen LogP contribution in [0.4, 0.5) is 4.79 Å². The second-order valence-corrected chi connectivity index (χ2v) is 7.75. The second-order valence-electron chi connectivity index (χ2n) is 7.75. The lowest BCUT2D eigenvalue weighted by atomic mass is 9.73. The van der Waals surface area contributed by atoms with Gasteiger partial charge in [0.15, 0.2) is 0 Å². The van der Waals surface area contributed by atoms with E-state index in [2.05, 4.69) is 22.5 Å². The molecule has 0 amide bonds. The molecule has 5 atom stereocenters. The van der Waals surface area contributed by atoms with Crippen molar-refractivity contribution in [3.8, 4) is 5.75 Å². The number of piperidine rings is 3. The van der Waals surface area contributed by atoms with Crippen molar-refractivity contribution in [3.05, 3.63) is 48.7 Å². The Kier molecular flexibility index (Phi) is 5.72. The van der Waals surface area contributed by atoms with E-state index in [4.69, 9.17) is 14.2 Å². The summed E-state index contributed by atoms with van der Waals surface area (Å²) in [4.78, 5) is 19.2. The van der Waals surface area contributed by atoms with E-state index >= 15 is 0 Å². The fourth-order valence-corrected chi connectivity index (χ4v) is 4.82. The van der Waals surface area contributed by atoms with Crippen LogP contribution < -0.4 is 4.74 Å². The standard InChI is InChI=1S/C23H28N2O4/c1-4-15-14-25-11-9-16(15)12-21(25)22(29-23(26)28-5-2)18-8-10-24-20-7-6-17(27-3)13-19(18)20/h4,6-8,10,13,15-16,21-22H,1,5,9,11-12,14H2,2-3H3/t15?,16-,21-,22-/m0/s1. The topological polar surface area (TPSA) is 60.9 Å². The van der Waals surface area contributed by atoms with Crippen molar-refractivity contribution in [2.24, 2.45) is 11.8 Å². The Morgan fingerprint density at radius 3 is 2.97 bits per heavy atom. The number of hydrogen-bond donors (Lipinski definition) is 0. The van der Waals surface area contributed by atoms with Crippen LogP contribution in [0, 0.1) is 11.8 Å². The fourth-order valence-electron chi connectivity index (χ4n) is 4.82. The number of methoxy groups -OCH3 is 1. The summed E-state index contributed by atoms with van der Waals surface area (Å²) in [6.45, 7) is 8.04. The van der Waals surface area contributed by atoms with Crippen LogP contribution in [0.15, 0.2) is 43.1 Å². The van der Waals surface area contributed by atoms with Crippen LogP contribution in [0.2, 0.25) is 0 Å². The minimum Gasteiger partial charge on any atom is -0.497 e. The lowest BCUT2D eigenvalue weighted by molar-refractivity contribution is -0.0652. The Morgan fingerprint density at radius 1 is 1.41 bits per heavy atom. The molecule has 5 rings (SSSR count). The third kappa shape index (κ3) is 3.81. The number of carbonyl (C=O) groups excluding carboxylic acids is 1. The molecule has 0 N–H and O–H groups in total. The summed E-state index contributed by atoms with van der Waals surface area (Å²) in [7, 11) is 1.64.